The van der Waals surface area contributed by atoms with Crippen molar-refractivity contribution in [1.82, 2.24) is 4.98 Å². The van der Waals surface area contributed by atoms with Gasteiger partial charge in [-0.05, 0) is 33.6 Å². The highest BCUT2D eigenvalue weighted by atomic mass is 79.9. The molecule has 0 fully saturated rings. The molecule has 0 aliphatic rings. The van der Waals surface area contributed by atoms with Gasteiger partial charge in [0.1, 0.15) is 5.75 Å². The van der Waals surface area contributed by atoms with Gasteiger partial charge < -0.3 is 14.8 Å². The van der Waals surface area contributed by atoms with E-state index in [-0.39, 0.29) is 5.56 Å². The van der Waals surface area contributed by atoms with Crippen LogP contribution in [0.2, 0.25) is 0 Å². The molecule has 2 rings (SSSR count). The Morgan fingerprint density at radius 3 is 2.76 bits per heavy atom. The fourth-order valence-corrected chi connectivity index (χ4v) is 2.15. The standard InChI is InChI=1S/C12H10BrNO3/c1-17-11-3-2-7(4-10(11)13)8-5-14-6-9(8)12(15)16/h2-6,14H,1H3,(H,15,16). The molecule has 0 spiro atoms. The second-order valence-electron chi connectivity index (χ2n) is 3.44. The average molecular weight is 296 g/mol. The lowest BCUT2D eigenvalue weighted by molar-refractivity contribution is 0.0698. The lowest BCUT2D eigenvalue weighted by Crippen LogP contribution is -1.96. The topological polar surface area (TPSA) is 62.3 Å². The highest BCUT2D eigenvalue weighted by Crippen LogP contribution is 2.31. The largest absolute Gasteiger partial charge is 0.496 e. The minimum absolute atomic E-state index is 0.252. The number of halogens is 1. The molecule has 0 aliphatic heterocycles. The maximum absolute atomic E-state index is 11.0. The van der Waals surface area contributed by atoms with Crippen molar-refractivity contribution in [3.63, 3.8) is 0 Å². The van der Waals surface area contributed by atoms with Crippen molar-refractivity contribution in [3.8, 4) is 16.9 Å². The third kappa shape index (κ3) is 2.19. The van der Waals surface area contributed by atoms with E-state index in [1.165, 1.54) is 6.20 Å². The van der Waals surface area contributed by atoms with E-state index < -0.39 is 5.97 Å². The van der Waals surface area contributed by atoms with Crippen LogP contribution in [0.15, 0.2) is 35.1 Å². The van der Waals surface area contributed by atoms with Gasteiger partial charge in [-0.1, -0.05) is 6.07 Å². The van der Waals surface area contributed by atoms with Crippen molar-refractivity contribution in [2.75, 3.05) is 7.11 Å². The summed E-state index contributed by atoms with van der Waals surface area (Å²) in [6.07, 6.45) is 3.13. The number of carbonyl (C=O) groups is 1. The Morgan fingerprint density at radius 1 is 1.41 bits per heavy atom. The summed E-state index contributed by atoms with van der Waals surface area (Å²) >= 11 is 3.37. The number of carboxylic acid groups (broad SMARTS) is 1. The van der Waals surface area contributed by atoms with Crippen molar-refractivity contribution in [3.05, 3.63) is 40.6 Å². The molecule has 1 aromatic carbocycles. The van der Waals surface area contributed by atoms with Crippen LogP contribution in [0.5, 0.6) is 5.75 Å². The van der Waals surface area contributed by atoms with Gasteiger partial charge in [0.25, 0.3) is 0 Å². The zero-order chi connectivity index (χ0) is 12.4. The molecule has 0 bridgehead atoms. The summed E-state index contributed by atoms with van der Waals surface area (Å²) in [4.78, 5) is 13.8. The number of H-pyrrole nitrogens is 1. The minimum Gasteiger partial charge on any atom is -0.496 e. The lowest BCUT2D eigenvalue weighted by Gasteiger charge is -2.06. The van der Waals surface area contributed by atoms with E-state index in [1.54, 1.807) is 19.4 Å². The fraction of sp³-hybridized carbons (Fsp3) is 0.0833. The van der Waals surface area contributed by atoms with Crippen molar-refractivity contribution in [2.24, 2.45) is 0 Å². The summed E-state index contributed by atoms with van der Waals surface area (Å²) in [7, 11) is 1.58. The Bertz CT molecular complexity index is 563. The number of aromatic nitrogens is 1. The zero-order valence-electron chi connectivity index (χ0n) is 9.03. The smallest absolute Gasteiger partial charge is 0.337 e. The number of hydrogen-bond donors (Lipinski definition) is 2. The second-order valence-corrected chi connectivity index (χ2v) is 4.29. The number of benzene rings is 1. The van der Waals surface area contributed by atoms with E-state index in [0.717, 1.165) is 10.0 Å². The summed E-state index contributed by atoms with van der Waals surface area (Å²) in [6.45, 7) is 0. The SMILES string of the molecule is COc1ccc(-c2c[nH]cc2C(=O)O)cc1Br. The molecule has 0 saturated heterocycles. The maximum atomic E-state index is 11.0. The molecule has 0 radical (unpaired) electrons. The molecule has 2 aromatic rings. The number of nitrogens with one attached hydrogen (secondary N) is 1. The first-order chi connectivity index (χ1) is 8.13. The molecule has 0 aliphatic carbocycles. The maximum Gasteiger partial charge on any atom is 0.337 e. The van der Waals surface area contributed by atoms with Gasteiger partial charge >= 0.3 is 5.97 Å². The van der Waals surface area contributed by atoms with E-state index in [9.17, 15) is 4.79 Å². The van der Waals surface area contributed by atoms with Crippen molar-refractivity contribution < 1.29 is 14.6 Å². The highest BCUT2D eigenvalue weighted by molar-refractivity contribution is 9.10. The van der Waals surface area contributed by atoms with Gasteiger partial charge in [-0.25, -0.2) is 4.79 Å². The summed E-state index contributed by atoms with van der Waals surface area (Å²) in [5.74, 6) is -0.241. The first-order valence-electron chi connectivity index (χ1n) is 4.87. The summed E-state index contributed by atoms with van der Waals surface area (Å²) in [5, 5.41) is 9.03. The third-order valence-corrected chi connectivity index (χ3v) is 3.06. The van der Waals surface area contributed by atoms with Gasteiger partial charge in [0.05, 0.1) is 17.1 Å². The average Bonchev–Trinajstić information content (AvgIpc) is 2.77. The van der Waals surface area contributed by atoms with Crippen LogP contribution in [-0.4, -0.2) is 23.2 Å². The first-order valence-corrected chi connectivity index (χ1v) is 5.66. The molecule has 2 N–H and O–H groups in total. The fourth-order valence-electron chi connectivity index (χ4n) is 1.61. The molecule has 17 heavy (non-hydrogen) atoms. The van der Waals surface area contributed by atoms with Gasteiger partial charge in [-0.3, -0.25) is 0 Å². The molecule has 88 valence electrons. The number of rotatable bonds is 3. The molecule has 0 amide bonds. The predicted molar refractivity (Wildman–Crippen MR) is 67.4 cm³/mol. The van der Waals surface area contributed by atoms with E-state index in [0.29, 0.717) is 11.3 Å². The molecule has 1 aromatic heterocycles. The number of methoxy groups -OCH3 is 1. The second kappa shape index (κ2) is 4.63. The molecular weight excluding hydrogens is 286 g/mol. The predicted octanol–water partition coefficient (Wildman–Crippen LogP) is 3.15. The van der Waals surface area contributed by atoms with Crippen LogP contribution in [0.4, 0.5) is 0 Å². The van der Waals surface area contributed by atoms with E-state index in [4.69, 9.17) is 9.84 Å². The first kappa shape index (κ1) is 11.7. The molecule has 0 unspecified atom stereocenters. The normalized spacial score (nSPS) is 10.2. The molecule has 0 atom stereocenters. The van der Waals surface area contributed by atoms with Crippen LogP contribution in [0.25, 0.3) is 11.1 Å². The Labute approximate surface area is 106 Å². The van der Waals surface area contributed by atoms with Crippen molar-refractivity contribution in [1.29, 1.82) is 0 Å². The Kier molecular flexibility index (Phi) is 3.19. The van der Waals surface area contributed by atoms with Crippen molar-refractivity contribution in [2.45, 2.75) is 0 Å². The van der Waals surface area contributed by atoms with Crippen LogP contribution in [0, 0.1) is 0 Å². The van der Waals surface area contributed by atoms with Crippen molar-refractivity contribution >= 4 is 21.9 Å². The van der Waals surface area contributed by atoms with Crippen LogP contribution in [0.1, 0.15) is 10.4 Å². The minimum atomic E-state index is -0.951. The Hall–Kier alpha value is -1.75. The monoisotopic (exact) mass is 295 g/mol. The summed E-state index contributed by atoms with van der Waals surface area (Å²) in [5.41, 5.74) is 1.72. The van der Waals surface area contributed by atoms with Gasteiger partial charge in [-0.2, -0.15) is 0 Å². The molecular formula is C12H10BrNO3. The number of carboxylic acids is 1. The Morgan fingerprint density at radius 2 is 2.18 bits per heavy atom. The quantitative estimate of drug-likeness (QED) is 0.914. The van der Waals surface area contributed by atoms with Crippen LogP contribution in [0.3, 0.4) is 0 Å². The van der Waals surface area contributed by atoms with Gasteiger partial charge in [0.2, 0.25) is 0 Å². The van der Waals surface area contributed by atoms with Crippen LogP contribution >= 0.6 is 15.9 Å². The third-order valence-electron chi connectivity index (χ3n) is 2.44. The van der Waals surface area contributed by atoms with Crippen LogP contribution in [-0.2, 0) is 0 Å². The molecule has 0 saturated carbocycles. The van der Waals surface area contributed by atoms with E-state index in [1.807, 2.05) is 12.1 Å². The number of aromatic amines is 1. The number of aromatic carboxylic acids is 1. The molecule has 4 nitrogen and oxygen atoms in total. The van der Waals surface area contributed by atoms with Gasteiger partial charge in [0, 0.05) is 18.0 Å². The van der Waals surface area contributed by atoms with E-state index in [2.05, 4.69) is 20.9 Å². The van der Waals surface area contributed by atoms with Gasteiger partial charge in [0.15, 0.2) is 0 Å². The van der Waals surface area contributed by atoms with Gasteiger partial charge in [-0.15, -0.1) is 0 Å². The van der Waals surface area contributed by atoms with Crippen LogP contribution < -0.4 is 4.74 Å². The van der Waals surface area contributed by atoms with E-state index >= 15 is 0 Å². The summed E-state index contributed by atoms with van der Waals surface area (Å²) in [6, 6.07) is 5.44. The Balaban J connectivity index is 2.50. The molecule has 5 heteroatoms. The zero-order valence-corrected chi connectivity index (χ0v) is 10.6. The summed E-state index contributed by atoms with van der Waals surface area (Å²) < 4.78 is 5.91. The number of ether oxygens (including phenoxy) is 1. The highest BCUT2D eigenvalue weighted by Gasteiger charge is 2.13. The lowest BCUT2D eigenvalue weighted by atomic mass is 10.0. The molecule has 1 heterocycles. The number of hydrogen-bond acceptors (Lipinski definition) is 2.